The maximum absolute atomic E-state index is 12.4. The Morgan fingerprint density at radius 2 is 1.95 bits per heavy atom. The number of hydrogen-bond donors (Lipinski definition) is 3. The van der Waals surface area contributed by atoms with Gasteiger partial charge in [0.2, 0.25) is 0 Å². The van der Waals surface area contributed by atoms with E-state index in [0.29, 0.717) is 19.3 Å². The molecular formula is C12H22N2O5S. The van der Waals surface area contributed by atoms with Crippen LogP contribution < -0.4 is 4.72 Å². The zero-order valence-electron chi connectivity index (χ0n) is 11.4. The molecule has 1 aliphatic heterocycles. The molecule has 1 saturated carbocycles. The van der Waals surface area contributed by atoms with Crippen molar-refractivity contribution in [3.8, 4) is 0 Å². The fourth-order valence-electron chi connectivity index (χ4n) is 3.11. The molecule has 20 heavy (non-hydrogen) atoms. The summed E-state index contributed by atoms with van der Waals surface area (Å²) < 4.78 is 28.4. The fourth-order valence-corrected chi connectivity index (χ4v) is 4.84. The fraction of sp³-hybridized carbons (Fsp3) is 0.917. The topological polar surface area (TPSA) is 107 Å². The van der Waals surface area contributed by atoms with Gasteiger partial charge >= 0.3 is 5.97 Å². The monoisotopic (exact) mass is 306 g/mol. The van der Waals surface area contributed by atoms with E-state index in [-0.39, 0.29) is 25.1 Å². The summed E-state index contributed by atoms with van der Waals surface area (Å²) in [5.74, 6) is -1.17. The number of carboxylic acids is 1. The van der Waals surface area contributed by atoms with Crippen LogP contribution in [0.3, 0.4) is 0 Å². The summed E-state index contributed by atoms with van der Waals surface area (Å²) in [5, 5.41) is 18.4. The summed E-state index contributed by atoms with van der Waals surface area (Å²) in [4.78, 5) is 11.2. The highest BCUT2D eigenvalue weighted by Gasteiger charge is 2.39. The first-order chi connectivity index (χ1) is 9.45. The molecule has 1 aliphatic carbocycles. The molecule has 7 nitrogen and oxygen atoms in total. The van der Waals surface area contributed by atoms with E-state index < -0.39 is 22.2 Å². The van der Waals surface area contributed by atoms with E-state index in [1.165, 1.54) is 0 Å². The average Bonchev–Trinajstić information content (AvgIpc) is 2.85. The van der Waals surface area contributed by atoms with Crippen molar-refractivity contribution in [2.24, 2.45) is 5.92 Å². The van der Waals surface area contributed by atoms with Crippen LogP contribution in [0.4, 0.5) is 0 Å². The first-order valence-corrected chi connectivity index (χ1v) is 8.52. The zero-order valence-corrected chi connectivity index (χ0v) is 12.2. The second kappa shape index (κ2) is 6.38. The Kier molecular flexibility index (Phi) is 5.00. The van der Waals surface area contributed by atoms with Crippen LogP contribution in [0.1, 0.15) is 38.5 Å². The van der Waals surface area contributed by atoms with Crippen molar-refractivity contribution in [1.82, 2.24) is 9.03 Å². The molecule has 3 unspecified atom stereocenters. The van der Waals surface area contributed by atoms with Crippen molar-refractivity contribution < 1.29 is 23.4 Å². The van der Waals surface area contributed by atoms with Gasteiger partial charge in [-0.3, -0.25) is 4.79 Å². The molecule has 0 amide bonds. The van der Waals surface area contributed by atoms with Crippen LogP contribution in [-0.4, -0.2) is 54.1 Å². The van der Waals surface area contributed by atoms with E-state index in [0.717, 1.165) is 23.6 Å². The lowest BCUT2D eigenvalue weighted by Gasteiger charge is -2.33. The minimum Gasteiger partial charge on any atom is -0.480 e. The number of aliphatic hydroxyl groups is 1. The van der Waals surface area contributed by atoms with Crippen LogP contribution in [0.5, 0.6) is 0 Å². The predicted molar refractivity (Wildman–Crippen MR) is 72.3 cm³/mol. The second-order valence-electron chi connectivity index (χ2n) is 5.56. The molecule has 0 bridgehead atoms. The smallest absolute Gasteiger partial charge is 0.322 e. The number of aliphatic hydroxyl groups excluding tert-OH is 1. The molecule has 3 N–H and O–H groups in total. The van der Waals surface area contributed by atoms with Crippen molar-refractivity contribution in [1.29, 1.82) is 0 Å². The predicted octanol–water partition coefficient (Wildman–Crippen LogP) is -0.0791. The standard InChI is InChI=1S/C12H22N2O5S/c15-8-9-4-3-5-10(9)13-20(18,19)14-7-2-1-6-11(14)12(16)17/h9-11,13,15H,1-8H2,(H,16,17). The highest BCUT2D eigenvalue weighted by Crippen LogP contribution is 2.27. The van der Waals surface area contributed by atoms with E-state index in [9.17, 15) is 18.3 Å². The Morgan fingerprint density at radius 3 is 2.60 bits per heavy atom. The molecule has 0 spiro atoms. The molecule has 0 aromatic rings. The van der Waals surface area contributed by atoms with Gasteiger partial charge in [0.05, 0.1) is 0 Å². The molecule has 2 fully saturated rings. The molecule has 116 valence electrons. The highest BCUT2D eigenvalue weighted by molar-refractivity contribution is 7.87. The van der Waals surface area contributed by atoms with E-state index in [4.69, 9.17) is 5.11 Å². The van der Waals surface area contributed by atoms with E-state index in [1.807, 2.05) is 0 Å². The van der Waals surface area contributed by atoms with Crippen LogP contribution in [0.15, 0.2) is 0 Å². The Bertz CT molecular complexity index is 453. The summed E-state index contributed by atoms with van der Waals surface area (Å²) in [6.45, 7) is 0.193. The van der Waals surface area contributed by atoms with Gasteiger partial charge < -0.3 is 10.2 Å². The van der Waals surface area contributed by atoms with Gasteiger partial charge in [0.25, 0.3) is 10.2 Å². The number of carbonyl (C=O) groups is 1. The van der Waals surface area contributed by atoms with Gasteiger partial charge in [-0.2, -0.15) is 17.4 Å². The Morgan fingerprint density at radius 1 is 1.20 bits per heavy atom. The van der Waals surface area contributed by atoms with Gasteiger partial charge in [-0.25, -0.2) is 0 Å². The largest absolute Gasteiger partial charge is 0.480 e. The summed E-state index contributed by atoms with van der Waals surface area (Å²) in [5.41, 5.74) is 0. The number of hydrogen-bond acceptors (Lipinski definition) is 4. The summed E-state index contributed by atoms with van der Waals surface area (Å²) in [6.07, 6.45) is 4.12. The molecule has 1 saturated heterocycles. The third kappa shape index (κ3) is 3.30. The van der Waals surface area contributed by atoms with Gasteiger partial charge in [-0.05, 0) is 38.0 Å². The number of aliphatic carboxylic acids is 1. The van der Waals surface area contributed by atoms with Gasteiger partial charge in [-0.1, -0.05) is 6.42 Å². The van der Waals surface area contributed by atoms with Crippen molar-refractivity contribution in [3.05, 3.63) is 0 Å². The van der Waals surface area contributed by atoms with Gasteiger partial charge in [-0.15, -0.1) is 0 Å². The van der Waals surface area contributed by atoms with E-state index in [1.54, 1.807) is 0 Å². The lowest BCUT2D eigenvalue weighted by Crippen LogP contribution is -2.54. The number of rotatable bonds is 5. The molecule has 0 aromatic heterocycles. The molecule has 3 atom stereocenters. The van der Waals surface area contributed by atoms with Gasteiger partial charge in [0, 0.05) is 19.2 Å². The van der Waals surface area contributed by atoms with Crippen LogP contribution in [0.2, 0.25) is 0 Å². The molecule has 0 radical (unpaired) electrons. The summed E-state index contributed by atoms with van der Waals surface area (Å²) in [6, 6.07) is -1.27. The van der Waals surface area contributed by atoms with Gasteiger partial charge in [0.15, 0.2) is 0 Å². The molecule has 1 heterocycles. The SMILES string of the molecule is O=C(O)C1CCCCN1S(=O)(=O)NC1CCCC1CO. The van der Waals surface area contributed by atoms with Crippen molar-refractivity contribution in [2.75, 3.05) is 13.2 Å². The molecule has 2 aliphatic rings. The lowest BCUT2D eigenvalue weighted by atomic mass is 10.1. The lowest BCUT2D eigenvalue weighted by molar-refractivity contribution is -0.142. The normalized spacial score (nSPS) is 32.4. The van der Waals surface area contributed by atoms with Crippen molar-refractivity contribution in [2.45, 2.75) is 50.6 Å². The van der Waals surface area contributed by atoms with Crippen molar-refractivity contribution >= 4 is 16.2 Å². The quantitative estimate of drug-likeness (QED) is 0.658. The minimum absolute atomic E-state index is 0.0461. The van der Waals surface area contributed by atoms with Crippen molar-refractivity contribution in [3.63, 3.8) is 0 Å². The minimum atomic E-state index is -3.81. The zero-order chi connectivity index (χ0) is 14.8. The first kappa shape index (κ1) is 15.7. The number of carboxylic acid groups (broad SMARTS) is 1. The van der Waals surface area contributed by atoms with Crippen LogP contribution in [0, 0.1) is 5.92 Å². The number of nitrogens with one attached hydrogen (secondary N) is 1. The number of nitrogens with zero attached hydrogens (tertiary/aromatic N) is 1. The second-order valence-corrected chi connectivity index (χ2v) is 7.22. The third-order valence-electron chi connectivity index (χ3n) is 4.24. The third-order valence-corrected chi connectivity index (χ3v) is 5.90. The van der Waals surface area contributed by atoms with Crippen LogP contribution >= 0.6 is 0 Å². The van der Waals surface area contributed by atoms with Crippen LogP contribution in [-0.2, 0) is 15.0 Å². The van der Waals surface area contributed by atoms with E-state index >= 15 is 0 Å². The Hall–Kier alpha value is -0.700. The van der Waals surface area contributed by atoms with Gasteiger partial charge in [0.1, 0.15) is 6.04 Å². The maximum Gasteiger partial charge on any atom is 0.322 e. The first-order valence-electron chi connectivity index (χ1n) is 7.08. The molecule has 2 rings (SSSR count). The summed E-state index contributed by atoms with van der Waals surface area (Å²) >= 11 is 0. The molecule has 0 aromatic carbocycles. The Balaban J connectivity index is 2.10. The number of piperidine rings is 1. The highest BCUT2D eigenvalue weighted by atomic mass is 32.2. The maximum atomic E-state index is 12.4. The van der Waals surface area contributed by atoms with E-state index in [2.05, 4.69) is 4.72 Å². The molecular weight excluding hydrogens is 284 g/mol. The summed E-state index contributed by atoms with van der Waals surface area (Å²) in [7, 11) is -3.81. The molecule has 8 heteroatoms. The average molecular weight is 306 g/mol. The van der Waals surface area contributed by atoms with Crippen LogP contribution in [0.25, 0.3) is 0 Å². The Labute approximate surface area is 119 Å².